The van der Waals surface area contributed by atoms with E-state index >= 15 is 0 Å². The minimum Gasteiger partial charge on any atom is -0.101 e. The van der Waals surface area contributed by atoms with Gasteiger partial charge >= 0.3 is 0 Å². The quantitative estimate of drug-likeness (QED) is 0.409. The van der Waals surface area contributed by atoms with Crippen molar-refractivity contribution in [3.05, 3.63) is 34.3 Å². The Bertz CT molecular complexity index is 369. The highest BCUT2D eigenvalue weighted by Gasteiger charge is 1.86. The maximum absolute atomic E-state index is 3.36. The highest BCUT2D eigenvalue weighted by atomic mass is 79.9. The summed E-state index contributed by atoms with van der Waals surface area (Å²) in [6, 6.07) is 7.95. The van der Waals surface area contributed by atoms with E-state index in [1.54, 1.807) is 0 Å². The number of rotatable bonds is 0. The highest BCUT2D eigenvalue weighted by molar-refractivity contribution is 9.10. The predicted octanol–water partition coefficient (Wildman–Crippen LogP) is 7.81. The Labute approximate surface area is 149 Å². The second-order valence-corrected chi connectivity index (χ2v) is 8.00. The van der Waals surface area contributed by atoms with Gasteiger partial charge < -0.3 is 0 Å². The Morgan fingerprint density at radius 1 is 0.773 bits per heavy atom. The Hall–Kier alpha value is -0.740. The van der Waals surface area contributed by atoms with Crippen molar-refractivity contribution in [2.75, 3.05) is 0 Å². The Morgan fingerprint density at radius 3 is 1.41 bits per heavy atom. The van der Waals surface area contributed by atoms with Gasteiger partial charge in [-0.3, -0.25) is 0 Å². The normalized spacial score (nSPS) is 8.64. The molecule has 0 N–H and O–H groups in total. The number of benzene rings is 1. The van der Waals surface area contributed by atoms with Crippen LogP contribution in [0.2, 0.25) is 0 Å². The first-order valence-corrected chi connectivity index (χ1v) is 9.00. The van der Waals surface area contributed by atoms with Crippen LogP contribution in [0.3, 0.4) is 0 Å². The number of hydrogen-bond acceptors (Lipinski definition) is 0. The van der Waals surface area contributed by atoms with Gasteiger partial charge in [0.1, 0.15) is 0 Å². The van der Waals surface area contributed by atoms with Crippen LogP contribution in [0.1, 0.15) is 74.8 Å². The van der Waals surface area contributed by atoms with Crippen molar-refractivity contribution in [3.8, 4) is 11.8 Å². The summed E-state index contributed by atoms with van der Waals surface area (Å²) in [5.41, 5.74) is 1.05. The fraction of sp³-hybridized carbons (Fsp3) is 0.619. The summed E-state index contributed by atoms with van der Waals surface area (Å²) in [4.78, 5) is 0. The van der Waals surface area contributed by atoms with Crippen molar-refractivity contribution < 1.29 is 0 Å². The molecule has 0 nitrogen and oxygen atoms in total. The summed E-state index contributed by atoms with van der Waals surface area (Å²) < 4.78 is 1.08. The van der Waals surface area contributed by atoms with Gasteiger partial charge in [-0.25, -0.2) is 0 Å². The molecule has 0 saturated carbocycles. The van der Waals surface area contributed by atoms with E-state index in [4.69, 9.17) is 0 Å². The van der Waals surface area contributed by atoms with Crippen molar-refractivity contribution in [2.24, 2.45) is 17.8 Å². The average Bonchev–Trinajstić information content (AvgIpc) is 2.26. The third kappa shape index (κ3) is 42.7. The molecular weight excluding hydrogens is 332 g/mol. The summed E-state index contributed by atoms with van der Waals surface area (Å²) in [6.45, 7) is 21.3. The van der Waals surface area contributed by atoms with Crippen molar-refractivity contribution >= 4 is 15.9 Å². The molecule has 0 saturated heterocycles. The maximum Gasteiger partial charge on any atom is 0.0256 e. The lowest BCUT2D eigenvalue weighted by Crippen LogP contribution is -1.71. The molecule has 1 rings (SSSR count). The van der Waals surface area contributed by atoms with Gasteiger partial charge in [-0.2, -0.15) is 0 Å². The predicted molar refractivity (Wildman–Crippen MR) is 108 cm³/mol. The molecule has 0 bridgehead atoms. The van der Waals surface area contributed by atoms with Crippen LogP contribution in [0.25, 0.3) is 0 Å². The van der Waals surface area contributed by atoms with E-state index in [1.165, 1.54) is 0 Å². The topological polar surface area (TPSA) is 0 Å². The van der Waals surface area contributed by atoms with E-state index in [9.17, 15) is 0 Å². The van der Waals surface area contributed by atoms with E-state index in [1.807, 2.05) is 31.2 Å². The van der Waals surface area contributed by atoms with Crippen molar-refractivity contribution in [1.82, 2.24) is 0 Å². The van der Waals surface area contributed by atoms with Gasteiger partial charge in [0, 0.05) is 10.0 Å². The van der Waals surface area contributed by atoms with Crippen molar-refractivity contribution in [2.45, 2.75) is 69.2 Å². The Kier molecular flexibility index (Phi) is 21.8. The molecule has 1 heteroatoms. The lowest BCUT2D eigenvalue weighted by Gasteiger charge is -1.89. The molecule has 0 radical (unpaired) electrons. The van der Waals surface area contributed by atoms with Gasteiger partial charge in [-0.05, 0) is 42.9 Å². The first-order valence-electron chi connectivity index (χ1n) is 8.21. The monoisotopic (exact) mass is 368 g/mol. The molecule has 1 aromatic rings. The SMILES string of the molecule is CC#Cc1cccc(Br)c1.CC(C)C.CC(C)C.CC(C)C. The summed E-state index contributed by atoms with van der Waals surface area (Å²) in [7, 11) is 0. The smallest absolute Gasteiger partial charge is 0.0256 e. The Morgan fingerprint density at radius 2 is 1.14 bits per heavy atom. The van der Waals surface area contributed by atoms with Crippen molar-refractivity contribution in [3.63, 3.8) is 0 Å². The largest absolute Gasteiger partial charge is 0.101 e. The number of hydrogen-bond donors (Lipinski definition) is 0. The lowest BCUT2D eigenvalue weighted by molar-refractivity contribution is 0.736. The lowest BCUT2D eigenvalue weighted by atomic mass is 10.2. The van der Waals surface area contributed by atoms with Crippen LogP contribution in [0.5, 0.6) is 0 Å². The van der Waals surface area contributed by atoms with Gasteiger partial charge in [0.2, 0.25) is 0 Å². The van der Waals surface area contributed by atoms with Gasteiger partial charge in [-0.15, -0.1) is 5.92 Å². The summed E-state index contributed by atoms with van der Waals surface area (Å²) in [6.07, 6.45) is 0. The van der Waals surface area contributed by atoms with Crippen molar-refractivity contribution in [1.29, 1.82) is 0 Å². The van der Waals surface area contributed by atoms with E-state index in [0.717, 1.165) is 27.8 Å². The third-order valence-electron chi connectivity index (χ3n) is 1.09. The van der Waals surface area contributed by atoms with Crippen LogP contribution in [-0.2, 0) is 0 Å². The highest BCUT2D eigenvalue weighted by Crippen LogP contribution is 2.10. The third-order valence-corrected chi connectivity index (χ3v) is 1.59. The first kappa shape index (κ1) is 26.2. The van der Waals surface area contributed by atoms with Crippen LogP contribution in [0, 0.1) is 29.6 Å². The zero-order valence-corrected chi connectivity index (χ0v) is 18.0. The Balaban J connectivity index is -0.000000253. The molecule has 0 atom stereocenters. The van der Waals surface area contributed by atoms with Crippen LogP contribution in [0.15, 0.2) is 28.7 Å². The van der Waals surface area contributed by atoms with Gasteiger partial charge in [0.15, 0.2) is 0 Å². The average molecular weight is 369 g/mol. The van der Waals surface area contributed by atoms with Crippen LogP contribution < -0.4 is 0 Å². The van der Waals surface area contributed by atoms with E-state index in [0.29, 0.717) is 0 Å². The summed E-state index contributed by atoms with van der Waals surface area (Å²) in [5, 5.41) is 0. The first-order chi connectivity index (χ1) is 10.0. The molecule has 0 amide bonds. The van der Waals surface area contributed by atoms with E-state index in [-0.39, 0.29) is 0 Å². The molecule has 0 aromatic heterocycles. The van der Waals surface area contributed by atoms with Gasteiger partial charge in [-0.1, -0.05) is 90.2 Å². The van der Waals surface area contributed by atoms with Crippen LogP contribution in [0.4, 0.5) is 0 Å². The molecule has 0 unspecified atom stereocenters. The second-order valence-electron chi connectivity index (χ2n) is 7.08. The molecular formula is C21H37Br. The molecule has 0 aliphatic carbocycles. The fourth-order valence-corrected chi connectivity index (χ4v) is 1.11. The van der Waals surface area contributed by atoms with E-state index < -0.39 is 0 Å². The molecule has 1 aromatic carbocycles. The molecule has 0 aliphatic rings. The summed E-state index contributed by atoms with van der Waals surface area (Å²) >= 11 is 3.36. The van der Waals surface area contributed by atoms with Crippen LogP contribution in [-0.4, -0.2) is 0 Å². The van der Waals surface area contributed by atoms with Gasteiger partial charge in [0.05, 0.1) is 0 Å². The molecule has 0 aliphatic heterocycles. The summed E-state index contributed by atoms with van der Waals surface area (Å²) in [5.74, 6) is 8.31. The standard InChI is InChI=1S/C9H7Br.3C4H10/c1-2-4-8-5-3-6-9(10)7-8;3*1-4(2)3/h3,5-7H,1H3;3*4H,1-3H3. The van der Waals surface area contributed by atoms with E-state index in [2.05, 4.69) is 90.1 Å². The van der Waals surface area contributed by atoms with Gasteiger partial charge in [0.25, 0.3) is 0 Å². The number of halogens is 1. The zero-order chi connectivity index (χ0) is 18.1. The van der Waals surface area contributed by atoms with Crippen LogP contribution >= 0.6 is 15.9 Å². The second kappa shape index (κ2) is 18.3. The molecule has 0 heterocycles. The zero-order valence-electron chi connectivity index (χ0n) is 16.4. The molecule has 128 valence electrons. The minimum atomic E-state index is 0.833. The molecule has 0 spiro atoms. The maximum atomic E-state index is 3.36. The fourth-order valence-electron chi connectivity index (χ4n) is 0.711. The minimum absolute atomic E-state index is 0.833. The molecule has 0 fully saturated rings. The molecule has 22 heavy (non-hydrogen) atoms.